The Balaban J connectivity index is 0.000000425. The molecular formula is C18H24N4S2. The SMILES string of the molecule is CCCc1ccncc1C#N.CCCc1ccncc1C(N)=S.S. The summed E-state index contributed by atoms with van der Waals surface area (Å²) in [5.74, 6) is 0. The van der Waals surface area contributed by atoms with Crippen molar-refractivity contribution >= 4 is 30.7 Å². The lowest BCUT2D eigenvalue weighted by atomic mass is 10.1. The maximum atomic E-state index is 8.66. The number of thiocarbonyl (C=S) groups is 1. The van der Waals surface area contributed by atoms with E-state index in [4.69, 9.17) is 23.2 Å². The first-order chi connectivity index (χ1) is 11.1. The van der Waals surface area contributed by atoms with Crippen molar-refractivity contribution in [2.24, 2.45) is 5.73 Å². The number of hydrogen-bond donors (Lipinski definition) is 1. The molecule has 0 saturated heterocycles. The molecule has 2 aromatic heterocycles. The van der Waals surface area contributed by atoms with E-state index in [9.17, 15) is 0 Å². The summed E-state index contributed by atoms with van der Waals surface area (Å²) in [5, 5.41) is 8.66. The van der Waals surface area contributed by atoms with Crippen LogP contribution in [0.2, 0.25) is 0 Å². The Hall–Kier alpha value is -1.97. The average molecular weight is 361 g/mol. The van der Waals surface area contributed by atoms with Crippen LogP contribution in [0.3, 0.4) is 0 Å². The van der Waals surface area contributed by atoms with Crippen LogP contribution in [0.15, 0.2) is 36.9 Å². The first-order valence-corrected chi connectivity index (χ1v) is 8.10. The number of pyridine rings is 2. The van der Waals surface area contributed by atoms with Crippen LogP contribution in [0.1, 0.15) is 48.9 Å². The number of aromatic nitrogens is 2. The van der Waals surface area contributed by atoms with Gasteiger partial charge in [0, 0.05) is 30.4 Å². The normalized spacial score (nSPS) is 9.04. The van der Waals surface area contributed by atoms with Crippen LogP contribution in [0, 0.1) is 11.3 Å². The van der Waals surface area contributed by atoms with E-state index in [1.165, 1.54) is 5.56 Å². The summed E-state index contributed by atoms with van der Waals surface area (Å²) >= 11 is 4.90. The van der Waals surface area contributed by atoms with Crippen LogP contribution in [0.4, 0.5) is 0 Å². The predicted molar refractivity (Wildman–Crippen MR) is 107 cm³/mol. The molecule has 2 heterocycles. The van der Waals surface area contributed by atoms with Crippen molar-refractivity contribution in [3.8, 4) is 6.07 Å². The maximum absolute atomic E-state index is 8.66. The lowest BCUT2D eigenvalue weighted by Crippen LogP contribution is -2.12. The third-order valence-electron chi connectivity index (χ3n) is 3.25. The molecule has 6 heteroatoms. The van der Waals surface area contributed by atoms with Gasteiger partial charge < -0.3 is 5.73 Å². The molecule has 0 aliphatic rings. The first-order valence-electron chi connectivity index (χ1n) is 7.69. The smallest absolute Gasteiger partial charge is 0.105 e. The first kappa shape index (κ1) is 22.0. The molecule has 2 rings (SSSR count). The zero-order chi connectivity index (χ0) is 17.1. The van der Waals surface area contributed by atoms with E-state index in [2.05, 4.69) is 29.9 Å². The summed E-state index contributed by atoms with van der Waals surface area (Å²) in [6.45, 7) is 4.23. The number of nitriles is 1. The second-order valence-corrected chi connectivity index (χ2v) is 5.48. The molecule has 0 saturated carbocycles. The molecule has 128 valence electrons. The third-order valence-corrected chi connectivity index (χ3v) is 3.47. The van der Waals surface area contributed by atoms with Gasteiger partial charge in [0.1, 0.15) is 11.1 Å². The van der Waals surface area contributed by atoms with Crippen molar-refractivity contribution in [1.82, 2.24) is 9.97 Å². The highest BCUT2D eigenvalue weighted by atomic mass is 32.1. The van der Waals surface area contributed by atoms with Crippen molar-refractivity contribution < 1.29 is 0 Å². The largest absolute Gasteiger partial charge is 0.389 e. The number of hydrogen-bond acceptors (Lipinski definition) is 4. The molecule has 0 aliphatic carbocycles. The number of nitrogens with zero attached hydrogens (tertiary/aromatic N) is 3. The second kappa shape index (κ2) is 12.5. The van der Waals surface area contributed by atoms with E-state index in [1.807, 2.05) is 12.1 Å². The van der Waals surface area contributed by atoms with Crippen LogP contribution >= 0.6 is 25.7 Å². The molecule has 0 bridgehead atoms. The van der Waals surface area contributed by atoms with Crippen molar-refractivity contribution in [3.63, 3.8) is 0 Å². The molecule has 0 aliphatic heterocycles. The van der Waals surface area contributed by atoms with E-state index in [0.29, 0.717) is 10.6 Å². The van der Waals surface area contributed by atoms with Gasteiger partial charge in [0.25, 0.3) is 0 Å². The van der Waals surface area contributed by atoms with Crippen LogP contribution < -0.4 is 5.73 Å². The summed E-state index contributed by atoms with van der Waals surface area (Å²) in [6, 6.07) is 5.99. The van der Waals surface area contributed by atoms with E-state index >= 15 is 0 Å². The Kier molecular flexibility index (Phi) is 11.4. The molecule has 2 N–H and O–H groups in total. The molecule has 0 radical (unpaired) electrons. The fourth-order valence-electron chi connectivity index (χ4n) is 2.14. The molecule has 0 unspecified atom stereocenters. The fourth-order valence-corrected chi connectivity index (χ4v) is 2.33. The highest BCUT2D eigenvalue weighted by molar-refractivity contribution is 7.80. The second-order valence-electron chi connectivity index (χ2n) is 5.04. The van der Waals surface area contributed by atoms with Gasteiger partial charge in [-0.25, -0.2) is 0 Å². The molecular weight excluding hydrogens is 336 g/mol. The van der Waals surface area contributed by atoms with Gasteiger partial charge in [-0.1, -0.05) is 38.9 Å². The minimum Gasteiger partial charge on any atom is -0.389 e. The van der Waals surface area contributed by atoms with Gasteiger partial charge in [0.2, 0.25) is 0 Å². The Morgan fingerprint density at radius 3 is 2.17 bits per heavy atom. The summed E-state index contributed by atoms with van der Waals surface area (Å²) in [6.07, 6.45) is 11.0. The van der Waals surface area contributed by atoms with Gasteiger partial charge in [0.05, 0.1) is 5.56 Å². The number of rotatable bonds is 5. The van der Waals surface area contributed by atoms with Crippen LogP contribution in [-0.4, -0.2) is 15.0 Å². The zero-order valence-electron chi connectivity index (χ0n) is 14.1. The molecule has 24 heavy (non-hydrogen) atoms. The van der Waals surface area contributed by atoms with E-state index in [-0.39, 0.29) is 13.5 Å². The Morgan fingerprint density at radius 1 is 1.08 bits per heavy atom. The average Bonchev–Trinajstić information content (AvgIpc) is 2.57. The van der Waals surface area contributed by atoms with Crippen molar-refractivity contribution in [3.05, 3.63) is 59.2 Å². The Morgan fingerprint density at radius 2 is 1.62 bits per heavy atom. The van der Waals surface area contributed by atoms with E-state index < -0.39 is 0 Å². The minimum absolute atomic E-state index is 0. The highest BCUT2D eigenvalue weighted by Crippen LogP contribution is 2.09. The molecule has 4 nitrogen and oxygen atoms in total. The molecule has 0 amide bonds. The fraction of sp³-hybridized carbons (Fsp3) is 0.333. The van der Waals surface area contributed by atoms with Crippen LogP contribution in [0.25, 0.3) is 0 Å². The van der Waals surface area contributed by atoms with Gasteiger partial charge in [-0.15, -0.1) is 0 Å². The Bertz CT molecular complexity index is 681. The van der Waals surface area contributed by atoms with E-state index in [1.54, 1.807) is 24.8 Å². The van der Waals surface area contributed by atoms with Gasteiger partial charge in [-0.2, -0.15) is 18.8 Å². The third kappa shape index (κ3) is 7.07. The summed E-state index contributed by atoms with van der Waals surface area (Å²) in [4.78, 5) is 8.29. The monoisotopic (exact) mass is 360 g/mol. The molecule has 2 aromatic rings. The van der Waals surface area contributed by atoms with Crippen LogP contribution in [0.5, 0.6) is 0 Å². The quantitative estimate of drug-likeness (QED) is 0.823. The van der Waals surface area contributed by atoms with Gasteiger partial charge in [-0.05, 0) is 36.1 Å². The lowest BCUT2D eigenvalue weighted by molar-refractivity contribution is 0.914. The molecule has 0 fully saturated rings. The van der Waals surface area contributed by atoms with Crippen molar-refractivity contribution in [2.45, 2.75) is 39.5 Å². The molecule has 0 spiro atoms. The highest BCUT2D eigenvalue weighted by Gasteiger charge is 2.02. The van der Waals surface area contributed by atoms with Gasteiger partial charge >= 0.3 is 0 Å². The van der Waals surface area contributed by atoms with Crippen LogP contribution in [-0.2, 0) is 12.8 Å². The number of aryl methyl sites for hydroxylation is 2. The summed E-state index contributed by atoms with van der Waals surface area (Å²) in [5.41, 5.74) is 9.45. The maximum Gasteiger partial charge on any atom is 0.105 e. The zero-order valence-corrected chi connectivity index (χ0v) is 15.9. The minimum atomic E-state index is 0. The lowest BCUT2D eigenvalue weighted by Gasteiger charge is -2.04. The van der Waals surface area contributed by atoms with Crippen molar-refractivity contribution in [1.29, 1.82) is 5.26 Å². The van der Waals surface area contributed by atoms with Gasteiger partial charge in [-0.3, -0.25) is 9.97 Å². The predicted octanol–water partition coefficient (Wildman–Crippen LogP) is 3.69. The standard InChI is InChI=1S/C9H12N2S.C9H10N2.H2S/c1-2-3-7-4-5-11-6-8(7)9(10)12;1-2-3-8-4-5-11-7-9(8)6-10;/h4-6H,2-3H2,1H3,(H2,10,12);4-5,7H,2-3H2,1H3;1H2. The number of nitrogens with two attached hydrogens (primary N) is 1. The summed E-state index contributed by atoms with van der Waals surface area (Å²) < 4.78 is 0. The van der Waals surface area contributed by atoms with Crippen molar-refractivity contribution in [2.75, 3.05) is 0 Å². The Labute approximate surface area is 156 Å². The van der Waals surface area contributed by atoms with Gasteiger partial charge in [0.15, 0.2) is 0 Å². The summed E-state index contributed by atoms with van der Waals surface area (Å²) in [7, 11) is 0. The molecule has 0 atom stereocenters. The van der Waals surface area contributed by atoms with E-state index in [0.717, 1.165) is 36.8 Å². The topological polar surface area (TPSA) is 75.6 Å². The molecule has 0 aromatic carbocycles.